The summed E-state index contributed by atoms with van der Waals surface area (Å²) in [4.78, 5) is 21.9. The van der Waals surface area contributed by atoms with Crippen LogP contribution in [0, 0.1) is 16.0 Å². The van der Waals surface area contributed by atoms with Gasteiger partial charge in [0.1, 0.15) is 0 Å². The fraction of sp³-hybridized carbons (Fsp3) is 0.357. The van der Waals surface area contributed by atoms with Crippen molar-refractivity contribution in [1.29, 1.82) is 0 Å². The van der Waals surface area contributed by atoms with Crippen LogP contribution in [0.4, 0.5) is 5.69 Å². The van der Waals surface area contributed by atoms with Crippen molar-refractivity contribution in [3.05, 3.63) is 46.0 Å². The molecule has 0 fully saturated rings. The molecule has 0 saturated heterocycles. The molecule has 0 aliphatic heterocycles. The molecular formula is C14H18N2O4. The molecule has 1 atom stereocenters. The predicted molar refractivity (Wildman–Crippen MR) is 76.0 cm³/mol. The van der Waals surface area contributed by atoms with Crippen LogP contribution in [-0.2, 0) is 4.79 Å². The van der Waals surface area contributed by atoms with Crippen LogP contribution in [0.3, 0.4) is 0 Å². The second kappa shape index (κ2) is 8.06. The molecule has 0 heterocycles. The van der Waals surface area contributed by atoms with E-state index in [1.807, 2.05) is 6.92 Å². The van der Waals surface area contributed by atoms with E-state index in [1.165, 1.54) is 18.2 Å². The number of nitrogens with one attached hydrogen (secondary N) is 1. The van der Waals surface area contributed by atoms with E-state index in [1.54, 1.807) is 18.2 Å². The minimum absolute atomic E-state index is 0.0369. The molecule has 1 unspecified atom stereocenters. The van der Waals surface area contributed by atoms with Gasteiger partial charge in [0.25, 0.3) is 5.69 Å². The van der Waals surface area contributed by atoms with Crippen LogP contribution >= 0.6 is 0 Å². The third kappa shape index (κ3) is 5.19. The first kappa shape index (κ1) is 15.8. The lowest BCUT2D eigenvalue weighted by Gasteiger charge is -2.09. The Bertz CT molecular complexity index is 500. The van der Waals surface area contributed by atoms with Gasteiger partial charge in [0.2, 0.25) is 5.91 Å². The minimum atomic E-state index is -0.485. The Hall–Kier alpha value is -2.21. The van der Waals surface area contributed by atoms with Gasteiger partial charge < -0.3 is 10.4 Å². The highest BCUT2D eigenvalue weighted by Crippen LogP contribution is 2.18. The molecule has 0 spiro atoms. The lowest BCUT2D eigenvalue weighted by atomic mass is 10.1. The number of para-hydroxylation sites is 1. The third-order valence-corrected chi connectivity index (χ3v) is 2.79. The van der Waals surface area contributed by atoms with Crippen molar-refractivity contribution in [2.45, 2.75) is 13.3 Å². The summed E-state index contributed by atoms with van der Waals surface area (Å²) >= 11 is 0. The van der Waals surface area contributed by atoms with Crippen molar-refractivity contribution in [2.75, 3.05) is 13.2 Å². The first-order chi connectivity index (χ1) is 9.54. The van der Waals surface area contributed by atoms with Gasteiger partial charge in [-0.2, -0.15) is 0 Å². The SMILES string of the molecule is CC(CCO)CNC(=O)/C=C/c1ccccc1[N+](=O)[O-]. The van der Waals surface area contributed by atoms with Crippen LogP contribution in [0.5, 0.6) is 0 Å². The predicted octanol–water partition coefficient (Wildman–Crippen LogP) is 1.74. The van der Waals surface area contributed by atoms with E-state index in [4.69, 9.17) is 5.11 Å². The van der Waals surface area contributed by atoms with E-state index >= 15 is 0 Å². The van der Waals surface area contributed by atoms with Gasteiger partial charge in [-0.05, 0) is 24.5 Å². The van der Waals surface area contributed by atoms with E-state index < -0.39 is 4.92 Å². The summed E-state index contributed by atoms with van der Waals surface area (Å²) in [6.07, 6.45) is 3.31. The van der Waals surface area contributed by atoms with Gasteiger partial charge >= 0.3 is 0 Å². The van der Waals surface area contributed by atoms with Crippen LogP contribution in [0.2, 0.25) is 0 Å². The first-order valence-electron chi connectivity index (χ1n) is 6.34. The van der Waals surface area contributed by atoms with Gasteiger partial charge in [-0.3, -0.25) is 14.9 Å². The highest BCUT2D eigenvalue weighted by Gasteiger charge is 2.09. The van der Waals surface area contributed by atoms with E-state index in [-0.39, 0.29) is 24.1 Å². The molecule has 2 N–H and O–H groups in total. The molecule has 1 aromatic carbocycles. The standard InChI is InChI=1S/C14H18N2O4/c1-11(8-9-17)10-15-14(18)7-6-12-4-2-3-5-13(12)16(19)20/h2-7,11,17H,8-10H2,1H3,(H,15,18)/b7-6+. The molecule has 6 heteroatoms. The number of rotatable bonds is 7. The summed E-state index contributed by atoms with van der Waals surface area (Å²) in [6.45, 7) is 2.46. The number of nitrogens with zero attached hydrogens (tertiary/aromatic N) is 1. The molecule has 6 nitrogen and oxygen atoms in total. The third-order valence-electron chi connectivity index (χ3n) is 2.79. The molecule has 0 radical (unpaired) electrons. The van der Waals surface area contributed by atoms with Gasteiger partial charge in [-0.15, -0.1) is 0 Å². The zero-order chi connectivity index (χ0) is 15.0. The maximum atomic E-state index is 11.6. The average Bonchev–Trinajstić information content (AvgIpc) is 2.43. The summed E-state index contributed by atoms with van der Waals surface area (Å²) in [5.41, 5.74) is 0.348. The van der Waals surface area contributed by atoms with Crippen molar-refractivity contribution >= 4 is 17.7 Å². The fourth-order valence-corrected chi connectivity index (χ4v) is 1.62. The second-order valence-corrected chi connectivity index (χ2v) is 4.51. The number of hydrogen-bond acceptors (Lipinski definition) is 4. The maximum Gasteiger partial charge on any atom is 0.276 e. The Labute approximate surface area is 117 Å². The monoisotopic (exact) mass is 278 g/mol. The smallest absolute Gasteiger partial charge is 0.276 e. The van der Waals surface area contributed by atoms with E-state index in [0.717, 1.165) is 0 Å². The largest absolute Gasteiger partial charge is 0.396 e. The zero-order valence-corrected chi connectivity index (χ0v) is 11.3. The highest BCUT2D eigenvalue weighted by molar-refractivity contribution is 5.92. The molecule has 1 rings (SSSR count). The van der Waals surface area contributed by atoms with Crippen molar-refractivity contribution < 1.29 is 14.8 Å². The summed E-state index contributed by atoms with van der Waals surface area (Å²) in [7, 11) is 0. The quantitative estimate of drug-likeness (QED) is 0.451. The Kier molecular flexibility index (Phi) is 6.39. The number of carbonyl (C=O) groups excluding carboxylic acids is 1. The van der Waals surface area contributed by atoms with Crippen LogP contribution in [-0.4, -0.2) is 29.1 Å². The van der Waals surface area contributed by atoms with Gasteiger partial charge in [-0.25, -0.2) is 0 Å². The number of nitro benzene ring substituents is 1. The molecule has 0 saturated carbocycles. The Morgan fingerprint density at radius 1 is 1.50 bits per heavy atom. The lowest BCUT2D eigenvalue weighted by Crippen LogP contribution is -2.26. The number of hydrogen-bond donors (Lipinski definition) is 2. The van der Waals surface area contributed by atoms with E-state index in [9.17, 15) is 14.9 Å². The van der Waals surface area contributed by atoms with Gasteiger partial charge in [-0.1, -0.05) is 19.1 Å². The lowest BCUT2D eigenvalue weighted by molar-refractivity contribution is -0.385. The number of amides is 1. The molecular weight excluding hydrogens is 260 g/mol. The molecule has 1 amide bonds. The zero-order valence-electron chi connectivity index (χ0n) is 11.3. The maximum absolute atomic E-state index is 11.6. The van der Waals surface area contributed by atoms with E-state index in [0.29, 0.717) is 18.5 Å². The van der Waals surface area contributed by atoms with Crippen molar-refractivity contribution in [1.82, 2.24) is 5.32 Å². The molecule has 108 valence electrons. The minimum Gasteiger partial charge on any atom is -0.396 e. The Balaban J connectivity index is 2.60. The Morgan fingerprint density at radius 2 is 2.20 bits per heavy atom. The van der Waals surface area contributed by atoms with Crippen molar-refractivity contribution in [3.8, 4) is 0 Å². The number of benzene rings is 1. The van der Waals surface area contributed by atoms with Crippen LogP contribution in [0.25, 0.3) is 6.08 Å². The molecule has 0 bridgehead atoms. The number of carbonyl (C=O) groups is 1. The van der Waals surface area contributed by atoms with Crippen LogP contribution in [0.1, 0.15) is 18.9 Å². The highest BCUT2D eigenvalue weighted by atomic mass is 16.6. The first-order valence-corrected chi connectivity index (χ1v) is 6.34. The fourth-order valence-electron chi connectivity index (χ4n) is 1.62. The summed E-state index contributed by atoms with van der Waals surface area (Å²) < 4.78 is 0. The normalized spacial score (nSPS) is 12.3. The number of aliphatic hydroxyl groups is 1. The van der Waals surface area contributed by atoms with E-state index in [2.05, 4.69) is 5.32 Å². The summed E-state index contributed by atoms with van der Waals surface area (Å²) in [6, 6.07) is 6.22. The second-order valence-electron chi connectivity index (χ2n) is 4.51. The summed E-state index contributed by atoms with van der Waals surface area (Å²) in [5, 5.41) is 22.2. The topological polar surface area (TPSA) is 92.5 Å². The number of nitro groups is 1. The molecule has 0 aliphatic rings. The van der Waals surface area contributed by atoms with Gasteiger partial charge in [0, 0.05) is 25.3 Å². The van der Waals surface area contributed by atoms with Crippen molar-refractivity contribution in [3.63, 3.8) is 0 Å². The van der Waals surface area contributed by atoms with Gasteiger partial charge in [0.15, 0.2) is 0 Å². The average molecular weight is 278 g/mol. The van der Waals surface area contributed by atoms with Gasteiger partial charge in [0.05, 0.1) is 10.5 Å². The molecule has 0 aromatic heterocycles. The summed E-state index contributed by atoms with van der Waals surface area (Å²) in [5.74, 6) is -0.128. The molecule has 1 aromatic rings. The van der Waals surface area contributed by atoms with Crippen molar-refractivity contribution in [2.24, 2.45) is 5.92 Å². The molecule has 0 aliphatic carbocycles. The Morgan fingerprint density at radius 3 is 2.85 bits per heavy atom. The van der Waals surface area contributed by atoms with Crippen LogP contribution in [0.15, 0.2) is 30.3 Å². The molecule has 20 heavy (non-hydrogen) atoms. The number of aliphatic hydroxyl groups excluding tert-OH is 1. The van der Waals surface area contributed by atoms with Crippen LogP contribution < -0.4 is 5.32 Å².